The average molecular weight is 428 g/mol. The van der Waals surface area contributed by atoms with Crippen LogP contribution in [-0.4, -0.2) is 24.0 Å². The number of fused-ring (bicyclic) bond motifs is 1. The lowest BCUT2D eigenvalue weighted by molar-refractivity contribution is -0.157. The number of carbonyl (C=O) groups is 2. The molecule has 1 aliphatic heterocycles. The Morgan fingerprint density at radius 1 is 0.938 bits per heavy atom. The number of ether oxygens (including phenoxy) is 3. The first-order valence-electron chi connectivity index (χ1n) is 10.4. The van der Waals surface area contributed by atoms with E-state index >= 15 is 0 Å². The third-order valence-electron chi connectivity index (χ3n) is 4.73. The lowest BCUT2D eigenvalue weighted by Gasteiger charge is -2.19. The lowest BCUT2D eigenvalue weighted by atomic mass is 10.0. The first kappa shape index (κ1) is 21.4. The van der Waals surface area contributed by atoms with Gasteiger partial charge in [0.15, 0.2) is 12.4 Å². The molecule has 162 valence electrons. The van der Waals surface area contributed by atoms with E-state index in [1.807, 2.05) is 42.5 Å². The molecule has 0 saturated heterocycles. The normalized spacial score (nSPS) is 14.1. The average Bonchev–Trinajstić information content (AvgIpc) is 3.07. The van der Waals surface area contributed by atoms with Gasteiger partial charge in [-0.15, -0.1) is 0 Å². The minimum absolute atomic E-state index is 0.189. The molecule has 0 amide bonds. The van der Waals surface area contributed by atoms with Gasteiger partial charge < -0.3 is 14.2 Å². The Morgan fingerprint density at radius 3 is 2.31 bits per heavy atom. The Balaban J connectivity index is 1.45. The van der Waals surface area contributed by atoms with E-state index in [2.05, 4.69) is 12.1 Å². The van der Waals surface area contributed by atoms with Crippen molar-refractivity contribution in [2.45, 2.75) is 26.4 Å². The lowest BCUT2D eigenvalue weighted by Crippen LogP contribution is -2.27. The van der Waals surface area contributed by atoms with Crippen molar-refractivity contribution in [2.24, 2.45) is 0 Å². The predicted molar refractivity (Wildman–Crippen MR) is 123 cm³/mol. The van der Waals surface area contributed by atoms with Gasteiger partial charge in [-0.25, -0.2) is 4.79 Å². The number of ketones is 1. The zero-order chi connectivity index (χ0) is 22.7. The second-order valence-corrected chi connectivity index (χ2v) is 8.46. The molecule has 5 heteroatoms. The number of rotatable bonds is 5. The predicted octanol–water partition coefficient (Wildman–Crippen LogP) is 5.69. The third kappa shape index (κ3) is 5.06. The molecule has 0 fully saturated rings. The maximum Gasteiger partial charge on any atom is 0.344 e. The molecule has 0 aliphatic carbocycles. The zero-order valence-electron chi connectivity index (χ0n) is 18.3. The molecule has 0 spiro atoms. The highest BCUT2D eigenvalue weighted by Gasteiger charge is 2.28. The number of hydrogen-bond acceptors (Lipinski definition) is 5. The van der Waals surface area contributed by atoms with E-state index < -0.39 is 11.6 Å². The van der Waals surface area contributed by atoms with Crippen molar-refractivity contribution < 1.29 is 23.8 Å². The van der Waals surface area contributed by atoms with Crippen molar-refractivity contribution in [3.8, 4) is 22.6 Å². The molecule has 0 bridgehead atoms. The summed E-state index contributed by atoms with van der Waals surface area (Å²) < 4.78 is 16.5. The van der Waals surface area contributed by atoms with Crippen molar-refractivity contribution >= 4 is 17.8 Å². The van der Waals surface area contributed by atoms with Gasteiger partial charge in [-0.05, 0) is 55.7 Å². The molecule has 0 radical (unpaired) electrons. The minimum atomic E-state index is -0.576. The zero-order valence-corrected chi connectivity index (χ0v) is 18.3. The summed E-state index contributed by atoms with van der Waals surface area (Å²) in [6.07, 6.45) is 1.72. The fourth-order valence-electron chi connectivity index (χ4n) is 3.32. The van der Waals surface area contributed by atoms with Crippen LogP contribution in [0.4, 0.5) is 0 Å². The van der Waals surface area contributed by atoms with E-state index in [1.54, 1.807) is 45.0 Å². The largest absolute Gasteiger partial charge is 0.482 e. The Hall–Kier alpha value is -3.86. The van der Waals surface area contributed by atoms with Gasteiger partial charge in [0.1, 0.15) is 17.1 Å². The monoisotopic (exact) mass is 428 g/mol. The first-order valence-corrected chi connectivity index (χ1v) is 10.4. The van der Waals surface area contributed by atoms with Gasteiger partial charge in [0, 0.05) is 6.07 Å². The summed E-state index contributed by atoms with van der Waals surface area (Å²) in [6.45, 7) is 5.16. The smallest absolute Gasteiger partial charge is 0.344 e. The van der Waals surface area contributed by atoms with Crippen molar-refractivity contribution in [1.82, 2.24) is 0 Å². The summed E-state index contributed by atoms with van der Waals surface area (Å²) in [6, 6.07) is 22.9. The standard InChI is InChI=1S/C27H24O5/c1-27(2,3)32-25(28)17-30-21-13-14-22-23(16-21)31-24(26(22)29)15-18-9-11-20(12-10-18)19-7-5-4-6-8-19/h4-16H,17H2,1-3H3/b24-15-. The number of Topliss-reactive ketones (excluding diaryl/α,β-unsaturated/α-hetero) is 1. The van der Waals surface area contributed by atoms with Crippen LogP contribution in [0.25, 0.3) is 17.2 Å². The molecule has 0 atom stereocenters. The van der Waals surface area contributed by atoms with Crippen LogP contribution in [0.1, 0.15) is 36.7 Å². The number of hydrogen-bond donors (Lipinski definition) is 0. The summed E-state index contributed by atoms with van der Waals surface area (Å²) in [5.74, 6) is 0.428. The van der Waals surface area contributed by atoms with Gasteiger partial charge in [0.2, 0.25) is 5.78 Å². The third-order valence-corrected chi connectivity index (χ3v) is 4.73. The van der Waals surface area contributed by atoms with Crippen LogP contribution >= 0.6 is 0 Å². The van der Waals surface area contributed by atoms with E-state index in [-0.39, 0.29) is 18.1 Å². The van der Waals surface area contributed by atoms with E-state index in [0.29, 0.717) is 17.1 Å². The summed E-state index contributed by atoms with van der Waals surface area (Å²) >= 11 is 0. The molecule has 3 aromatic rings. The molecule has 1 heterocycles. The molecule has 32 heavy (non-hydrogen) atoms. The Labute approximate surface area is 187 Å². The molecular weight excluding hydrogens is 404 g/mol. The van der Waals surface area contributed by atoms with Gasteiger partial charge in [-0.3, -0.25) is 4.79 Å². The molecule has 0 N–H and O–H groups in total. The Bertz CT molecular complexity index is 1170. The van der Waals surface area contributed by atoms with Crippen molar-refractivity contribution in [3.05, 3.63) is 89.7 Å². The van der Waals surface area contributed by atoms with Crippen molar-refractivity contribution in [1.29, 1.82) is 0 Å². The van der Waals surface area contributed by atoms with Crippen molar-refractivity contribution in [3.63, 3.8) is 0 Å². The highest BCUT2D eigenvalue weighted by Crippen LogP contribution is 2.35. The molecular formula is C27H24O5. The summed E-state index contributed by atoms with van der Waals surface area (Å²) in [5.41, 5.74) is 2.98. The van der Waals surface area contributed by atoms with Crippen LogP contribution in [0, 0.1) is 0 Å². The Kier molecular flexibility index (Phi) is 5.82. The highest BCUT2D eigenvalue weighted by atomic mass is 16.6. The topological polar surface area (TPSA) is 61.8 Å². The van der Waals surface area contributed by atoms with Crippen molar-refractivity contribution in [2.75, 3.05) is 6.61 Å². The maximum absolute atomic E-state index is 12.7. The molecule has 0 aromatic heterocycles. The molecule has 0 saturated carbocycles. The summed E-state index contributed by atoms with van der Waals surface area (Å²) in [7, 11) is 0. The van der Waals surface area contributed by atoms with Crippen LogP contribution in [0.2, 0.25) is 0 Å². The van der Waals surface area contributed by atoms with Crippen LogP contribution in [-0.2, 0) is 9.53 Å². The van der Waals surface area contributed by atoms with E-state index in [0.717, 1.165) is 16.7 Å². The summed E-state index contributed by atoms with van der Waals surface area (Å²) in [5, 5.41) is 0. The van der Waals surface area contributed by atoms with Crippen LogP contribution in [0.5, 0.6) is 11.5 Å². The Morgan fingerprint density at radius 2 is 1.62 bits per heavy atom. The van der Waals surface area contributed by atoms with Gasteiger partial charge in [0.25, 0.3) is 0 Å². The number of esters is 1. The fraction of sp³-hybridized carbons (Fsp3) is 0.185. The van der Waals surface area contributed by atoms with Crippen LogP contribution in [0.15, 0.2) is 78.6 Å². The van der Waals surface area contributed by atoms with Crippen LogP contribution < -0.4 is 9.47 Å². The van der Waals surface area contributed by atoms with E-state index in [4.69, 9.17) is 14.2 Å². The fourth-order valence-corrected chi connectivity index (χ4v) is 3.32. The van der Waals surface area contributed by atoms with Gasteiger partial charge >= 0.3 is 5.97 Å². The molecule has 4 rings (SSSR count). The first-order chi connectivity index (χ1) is 15.3. The quantitative estimate of drug-likeness (QED) is 0.386. The number of benzene rings is 3. The second kappa shape index (κ2) is 8.71. The number of allylic oxidation sites excluding steroid dienone is 1. The molecule has 3 aromatic carbocycles. The van der Waals surface area contributed by atoms with E-state index in [1.165, 1.54) is 0 Å². The number of carbonyl (C=O) groups excluding carboxylic acids is 2. The second-order valence-electron chi connectivity index (χ2n) is 8.46. The van der Waals surface area contributed by atoms with Gasteiger partial charge in [0.05, 0.1) is 5.56 Å². The summed E-state index contributed by atoms with van der Waals surface area (Å²) in [4.78, 5) is 24.6. The maximum atomic E-state index is 12.7. The van der Waals surface area contributed by atoms with E-state index in [9.17, 15) is 9.59 Å². The molecule has 5 nitrogen and oxygen atoms in total. The van der Waals surface area contributed by atoms with Gasteiger partial charge in [-0.1, -0.05) is 54.6 Å². The van der Waals surface area contributed by atoms with Crippen LogP contribution in [0.3, 0.4) is 0 Å². The molecule has 0 unspecified atom stereocenters. The SMILES string of the molecule is CC(C)(C)OC(=O)COc1ccc2c(c1)O/C(=C\c1ccc(-c3ccccc3)cc1)C2=O. The van der Waals surface area contributed by atoms with Gasteiger partial charge in [-0.2, -0.15) is 0 Å². The minimum Gasteiger partial charge on any atom is -0.482 e. The highest BCUT2D eigenvalue weighted by molar-refractivity contribution is 6.14. The molecule has 1 aliphatic rings.